The Labute approximate surface area is 118 Å². The number of carbonyl (C=O) groups is 1. The average molecular weight is 273 g/mol. The van der Waals surface area contributed by atoms with Gasteiger partial charge in [0.05, 0.1) is 12.6 Å². The molecule has 1 atom stereocenters. The maximum atomic E-state index is 12.6. The number of nitrogens with zero attached hydrogens (tertiary/aromatic N) is 1. The molecule has 0 saturated carbocycles. The summed E-state index contributed by atoms with van der Waals surface area (Å²) in [7, 11) is 0. The van der Waals surface area contributed by atoms with E-state index in [-0.39, 0.29) is 18.6 Å². The van der Waals surface area contributed by atoms with Crippen LogP contribution in [0.25, 0.3) is 11.0 Å². The van der Waals surface area contributed by atoms with E-state index >= 15 is 0 Å². The molecule has 1 aromatic heterocycles. The number of hydrogen-bond donors (Lipinski definition) is 1. The van der Waals surface area contributed by atoms with Crippen molar-refractivity contribution in [3.63, 3.8) is 0 Å². The third kappa shape index (κ3) is 2.43. The first kappa shape index (κ1) is 13.2. The third-order valence-corrected chi connectivity index (χ3v) is 3.99. The topological polar surface area (TPSA) is 53.7 Å². The Balaban J connectivity index is 1.89. The Bertz CT molecular complexity index is 572. The summed E-state index contributed by atoms with van der Waals surface area (Å²) in [6, 6.07) is 9.31. The van der Waals surface area contributed by atoms with Gasteiger partial charge < -0.3 is 14.4 Å². The second-order valence-corrected chi connectivity index (χ2v) is 5.33. The molecule has 2 aromatic rings. The predicted octanol–water partition coefficient (Wildman–Crippen LogP) is 2.81. The maximum Gasteiger partial charge on any atom is 0.289 e. The Morgan fingerprint density at radius 1 is 1.30 bits per heavy atom. The minimum Gasteiger partial charge on any atom is -0.451 e. The molecule has 1 fully saturated rings. The molecule has 1 saturated heterocycles. The fraction of sp³-hybridized carbons (Fsp3) is 0.438. The van der Waals surface area contributed by atoms with Crippen molar-refractivity contribution in [2.24, 2.45) is 0 Å². The number of fused-ring (bicyclic) bond motifs is 1. The van der Waals surface area contributed by atoms with E-state index in [9.17, 15) is 9.90 Å². The molecule has 1 unspecified atom stereocenters. The van der Waals surface area contributed by atoms with E-state index < -0.39 is 0 Å². The van der Waals surface area contributed by atoms with Gasteiger partial charge in [-0.2, -0.15) is 0 Å². The molecular weight excluding hydrogens is 254 g/mol. The summed E-state index contributed by atoms with van der Waals surface area (Å²) < 4.78 is 5.64. The van der Waals surface area contributed by atoms with Crippen molar-refractivity contribution in [1.29, 1.82) is 0 Å². The fourth-order valence-electron chi connectivity index (χ4n) is 2.86. The normalized spacial score (nSPS) is 20.1. The van der Waals surface area contributed by atoms with E-state index in [1.54, 1.807) is 11.0 Å². The quantitative estimate of drug-likeness (QED) is 0.915. The summed E-state index contributed by atoms with van der Waals surface area (Å²) in [4.78, 5) is 14.4. The number of hydrogen-bond acceptors (Lipinski definition) is 3. The first-order valence-corrected chi connectivity index (χ1v) is 7.20. The zero-order chi connectivity index (χ0) is 13.9. The zero-order valence-electron chi connectivity index (χ0n) is 11.4. The molecule has 0 radical (unpaired) electrons. The molecule has 1 aliphatic rings. The molecule has 1 aromatic carbocycles. The van der Waals surface area contributed by atoms with E-state index in [4.69, 9.17) is 4.42 Å². The first-order valence-electron chi connectivity index (χ1n) is 7.20. The van der Waals surface area contributed by atoms with E-state index in [1.165, 1.54) is 0 Å². The number of amides is 1. The van der Waals surface area contributed by atoms with Crippen LogP contribution < -0.4 is 0 Å². The largest absolute Gasteiger partial charge is 0.451 e. The molecule has 1 amide bonds. The average Bonchev–Trinajstić information content (AvgIpc) is 2.77. The number of carbonyl (C=O) groups excluding carboxylic acids is 1. The second-order valence-electron chi connectivity index (χ2n) is 5.33. The molecule has 2 heterocycles. The molecule has 1 N–H and O–H groups in total. The van der Waals surface area contributed by atoms with Crippen LogP contribution in [0.15, 0.2) is 34.7 Å². The van der Waals surface area contributed by atoms with Crippen LogP contribution in [-0.4, -0.2) is 35.1 Å². The van der Waals surface area contributed by atoms with Crippen molar-refractivity contribution in [3.8, 4) is 0 Å². The number of furan rings is 1. The molecule has 0 aliphatic carbocycles. The molecule has 20 heavy (non-hydrogen) atoms. The standard InChI is InChI=1S/C16H19NO3/c18-11-13-7-2-1-5-9-17(13)16(19)15-10-12-6-3-4-8-14(12)20-15/h3-4,6,8,10,13,18H,1-2,5,7,9,11H2. The molecule has 0 spiro atoms. The Morgan fingerprint density at radius 3 is 2.95 bits per heavy atom. The number of aliphatic hydroxyl groups is 1. The minimum absolute atomic E-state index is 0.0198. The Hall–Kier alpha value is -1.81. The summed E-state index contributed by atoms with van der Waals surface area (Å²) >= 11 is 0. The molecule has 4 heteroatoms. The number of para-hydroxylation sites is 1. The SMILES string of the molecule is O=C(c1cc2ccccc2o1)N1CCCCCC1CO. The van der Waals surface area contributed by atoms with Gasteiger partial charge in [-0.25, -0.2) is 0 Å². The van der Waals surface area contributed by atoms with Gasteiger partial charge in [0.15, 0.2) is 5.76 Å². The van der Waals surface area contributed by atoms with Gasteiger partial charge in [0.25, 0.3) is 5.91 Å². The third-order valence-electron chi connectivity index (χ3n) is 3.99. The first-order chi connectivity index (χ1) is 9.79. The van der Waals surface area contributed by atoms with Crippen molar-refractivity contribution in [2.45, 2.75) is 31.7 Å². The number of benzene rings is 1. The van der Waals surface area contributed by atoms with Crippen LogP contribution >= 0.6 is 0 Å². The molecule has 0 bridgehead atoms. The van der Waals surface area contributed by atoms with E-state index in [1.807, 2.05) is 24.3 Å². The Kier molecular flexibility index (Phi) is 3.74. The van der Waals surface area contributed by atoms with Gasteiger partial charge in [-0.05, 0) is 25.0 Å². The van der Waals surface area contributed by atoms with Crippen molar-refractivity contribution < 1.29 is 14.3 Å². The molecule has 3 rings (SSSR count). The zero-order valence-corrected chi connectivity index (χ0v) is 11.4. The van der Waals surface area contributed by atoms with Gasteiger partial charge in [-0.3, -0.25) is 4.79 Å². The highest BCUT2D eigenvalue weighted by atomic mass is 16.3. The molecule has 1 aliphatic heterocycles. The second kappa shape index (κ2) is 5.67. The highest BCUT2D eigenvalue weighted by Crippen LogP contribution is 2.23. The fourth-order valence-corrected chi connectivity index (χ4v) is 2.86. The minimum atomic E-state index is -0.109. The number of aliphatic hydroxyl groups excluding tert-OH is 1. The van der Waals surface area contributed by atoms with Crippen LogP contribution in [0.1, 0.15) is 36.2 Å². The van der Waals surface area contributed by atoms with Gasteiger partial charge in [0, 0.05) is 11.9 Å². The van der Waals surface area contributed by atoms with Crippen LogP contribution in [0, 0.1) is 0 Å². The Morgan fingerprint density at radius 2 is 2.15 bits per heavy atom. The van der Waals surface area contributed by atoms with Crippen LogP contribution in [0.5, 0.6) is 0 Å². The van der Waals surface area contributed by atoms with Crippen LogP contribution in [0.3, 0.4) is 0 Å². The van der Waals surface area contributed by atoms with Crippen molar-refractivity contribution in [3.05, 3.63) is 36.1 Å². The monoisotopic (exact) mass is 273 g/mol. The number of likely N-dealkylation sites (tertiary alicyclic amines) is 1. The van der Waals surface area contributed by atoms with Crippen molar-refractivity contribution in [2.75, 3.05) is 13.2 Å². The summed E-state index contributed by atoms with van der Waals surface area (Å²) in [5.74, 6) is 0.258. The van der Waals surface area contributed by atoms with Gasteiger partial charge in [-0.15, -0.1) is 0 Å². The van der Waals surface area contributed by atoms with Gasteiger partial charge in [-0.1, -0.05) is 31.0 Å². The lowest BCUT2D eigenvalue weighted by Gasteiger charge is -2.27. The lowest BCUT2D eigenvalue weighted by Crippen LogP contribution is -2.41. The predicted molar refractivity (Wildman–Crippen MR) is 76.6 cm³/mol. The van der Waals surface area contributed by atoms with E-state index in [0.717, 1.165) is 36.7 Å². The van der Waals surface area contributed by atoms with Gasteiger partial charge in [0.2, 0.25) is 0 Å². The van der Waals surface area contributed by atoms with Crippen LogP contribution in [-0.2, 0) is 0 Å². The summed E-state index contributed by atoms with van der Waals surface area (Å²) in [5.41, 5.74) is 0.728. The highest BCUT2D eigenvalue weighted by molar-refractivity contribution is 5.96. The van der Waals surface area contributed by atoms with Crippen LogP contribution in [0.2, 0.25) is 0 Å². The van der Waals surface area contributed by atoms with E-state index in [2.05, 4.69) is 0 Å². The highest BCUT2D eigenvalue weighted by Gasteiger charge is 2.27. The lowest BCUT2D eigenvalue weighted by molar-refractivity contribution is 0.0571. The van der Waals surface area contributed by atoms with Crippen LogP contribution in [0.4, 0.5) is 0 Å². The van der Waals surface area contributed by atoms with Gasteiger partial charge >= 0.3 is 0 Å². The molecule has 106 valence electrons. The smallest absolute Gasteiger partial charge is 0.289 e. The van der Waals surface area contributed by atoms with Crippen molar-refractivity contribution >= 4 is 16.9 Å². The summed E-state index contributed by atoms with van der Waals surface area (Å²) in [5, 5.41) is 10.4. The maximum absolute atomic E-state index is 12.6. The summed E-state index contributed by atoms with van der Waals surface area (Å²) in [6.45, 7) is 0.715. The summed E-state index contributed by atoms with van der Waals surface area (Å²) in [6.07, 6.45) is 4.03. The molecule has 4 nitrogen and oxygen atoms in total. The van der Waals surface area contributed by atoms with E-state index in [0.29, 0.717) is 12.3 Å². The number of rotatable bonds is 2. The molecular formula is C16H19NO3. The van der Waals surface area contributed by atoms with Gasteiger partial charge in [0.1, 0.15) is 5.58 Å². The lowest BCUT2D eigenvalue weighted by atomic mass is 10.1. The van der Waals surface area contributed by atoms with Crippen molar-refractivity contribution in [1.82, 2.24) is 4.90 Å².